The average Bonchev–Trinajstić information content (AvgIpc) is 2.95. The van der Waals surface area contributed by atoms with Gasteiger partial charge in [0.25, 0.3) is 0 Å². The van der Waals surface area contributed by atoms with Crippen molar-refractivity contribution in [3.63, 3.8) is 0 Å². The largest absolute Gasteiger partial charge is 0.486 e. The Hall–Kier alpha value is -2.09. The average molecular weight is 403 g/mol. The number of hydrogen-bond acceptors (Lipinski definition) is 5. The number of ether oxygens (including phenoxy) is 2. The monoisotopic (exact) mass is 402 g/mol. The van der Waals surface area contributed by atoms with E-state index in [-0.39, 0.29) is 4.90 Å². The lowest BCUT2D eigenvalue weighted by molar-refractivity contribution is 0.171. The van der Waals surface area contributed by atoms with E-state index in [1.54, 1.807) is 22.5 Å². The normalized spacial score (nSPS) is 18.6. The summed E-state index contributed by atoms with van der Waals surface area (Å²) in [5.41, 5.74) is 2.57. The van der Waals surface area contributed by atoms with Gasteiger partial charge in [-0.05, 0) is 43.1 Å². The van der Waals surface area contributed by atoms with E-state index in [0.29, 0.717) is 37.8 Å². The van der Waals surface area contributed by atoms with Crippen molar-refractivity contribution in [3.8, 4) is 11.5 Å². The zero-order valence-corrected chi connectivity index (χ0v) is 17.0. The summed E-state index contributed by atoms with van der Waals surface area (Å²) < 4.78 is 39.0. The molecule has 2 aromatic carbocycles. The Bertz CT molecular complexity index is 945. The van der Waals surface area contributed by atoms with E-state index >= 15 is 0 Å². The van der Waals surface area contributed by atoms with Gasteiger partial charge >= 0.3 is 0 Å². The van der Waals surface area contributed by atoms with Gasteiger partial charge in [0.2, 0.25) is 10.0 Å². The van der Waals surface area contributed by atoms with E-state index < -0.39 is 10.0 Å². The minimum absolute atomic E-state index is 0.268. The van der Waals surface area contributed by atoms with Gasteiger partial charge in [-0.25, -0.2) is 8.42 Å². The van der Waals surface area contributed by atoms with E-state index in [4.69, 9.17) is 9.47 Å². The zero-order valence-electron chi connectivity index (χ0n) is 16.1. The van der Waals surface area contributed by atoms with Crippen LogP contribution in [0.2, 0.25) is 0 Å². The van der Waals surface area contributed by atoms with Crippen molar-refractivity contribution < 1.29 is 17.9 Å². The highest BCUT2D eigenvalue weighted by molar-refractivity contribution is 7.89. The van der Waals surface area contributed by atoms with E-state index in [2.05, 4.69) is 30.0 Å². The number of aryl methyl sites for hydroxylation is 1. The molecule has 4 rings (SSSR count). The van der Waals surface area contributed by atoms with Gasteiger partial charge in [0.05, 0.1) is 4.90 Å². The summed E-state index contributed by atoms with van der Waals surface area (Å²) in [6, 6.07) is 13.2. The number of fused-ring (bicyclic) bond motifs is 1. The third-order valence-electron chi connectivity index (χ3n) is 5.35. The van der Waals surface area contributed by atoms with Gasteiger partial charge in [0.15, 0.2) is 11.5 Å². The lowest BCUT2D eigenvalue weighted by Crippen LogP contribution is -2.35. The number of hydrogen-bond donors (Lipinski definition) is 0. The van der Waals surface area contributed by atoms with Gasteiger partial charge in [-0.15, -0.1) is 0 Å². The summed E-state index contributed by atoms with van der Waals surface area (Å²) in [5, 5.41) is 0. The van der Waals surface area contributed by atoms with Crippen molar-refractivity contribution in [1.29, 1.82) is 0 Å². The molecule has 2 heterocycles. The number of sulfonamides is 1. The van der Waals surface area contributed by atoms with Gasteiger partial charge in [-0.2, -0.15) is 4.31 Å². The van der Waals surface area contributed by atoms with Crippen molar-refractivity contribution in [1.82, 2.24) is 9.21 Å². The van der Waals surface area contributed by atoms with Crippen molar-refractivity contribution in [2.75, 3.05) is 39.4 Å². The van der Waals surface area contributed by atoms with Crippen molar-refractivity contribution >= 4 is 10.0 Å². The Kier molecular flexibility index (Phi) is 5.57. The lowest BCUT2D eigenvalue weighted by atomic mass is 10.1. The van der Waals surface area contributed by atoms with Gasteiger partial charge in [0, 0.05) is 32.2 Å². The summed E-state index contributed by atoms with van der Waals surface area (Å²) in [6.45, 7) is 6.52. The van der Waals surface area contributed by atoms with Crippen LogP contribution in [0.1, 0.15) is 17.5 Å². The van der Waals surface area contributed by atoms with Crippen LogP contribution in [0.25, 0.3) is 0 Å². The van der Waals surface area contributed by atoms with Crippen LogP contribution in [0.3, 0.4) is 0 Å². The van der Waals surface area contributed by atoms with Gasteiger partial charge in [-0.1, -0.05) is 24.3 Å². The van der Waals surface area contributed by atoms with E-state index in [9.17, 15) is 8.42 Å². The summed E-state index contributed by atoms with van der Waals surface area (Å²) in [6.07, 6.45) is 0.815. The smallest absolute Gasteiger partial charge is 0.243 e. The predicted molar refractivity (Wildman–Crippen MR) is 107 cm³/mol. The maximum atomic E-state index is 13.2. The van der Waals surface area contributed by atoms with Crippen LogP contribution in [0.15, 0.2) is 47.4 Å². The Labute approximate surface area is 166 Å². The first kappa shape index (κ1) is 19.2. The molecular formula is C21H26N2O4S. The molecule has 6 nitrogen and oxygen atoms in total. The molecule has 0 amide bonds. The first-order valence-corrected chi connectivity index (χ1v) is 11.1. The molecule has 0 aromatic heterocycles. The third kappa shape index (κ3) is 4.01. The molecule has 28 heavy (non-hydrogen) atoms. The predicted octanol–water partition coefficient (Wildman–Crippen LogP) is 2.66. The Balaban J connectivity index is 1.47. The highest BCUT2D eigenvalue weighted by Crippen LogP contribution is 2.33. The summed E-state index contributed by atoms with van der Waals surface area (Å²) >= 11 is 0. The van der Waals surface area contributed by atoms with Crippen LogP contribution in [0.5, 0.6) is 11.5 Å². The third-order valence-corrected chi connectivity index (χ3v) is 7.25. The highest BCUT2D eigenvalue weighted by Gasteiger charge is 2.28. The lowest BCUT2D eigenvalue weighted by Gasteiger charge is -2.23. The minimum Gasteiger partial charge on any atom is -0.486 e. The Morgan fingerprint density at radius 1 is 0.929 bits per heavy atom. The molecule has 0 N–H and O–H groups in total. The van der Waals surface area contributed by atoms with Crippen LogP contribution in [0, 0.1) is 6.92 Å². The number of nitrogens with zero attached hydrogens (tertiary/aromatic N) is 2. The molecule has 7 heteroatoms. The van der Waals surface area contributed by atoms with Crippen LogP contribution < -0.4 is 9.47 Å². The van der Waals surface area contributed by atoms with Crippen molar-refractivity contribution in [3.05, 3.63) is 53.6 Å². The fraction of sp³-hybridized carbons (Fsp3) is 0.429. The molecule has 1 saturated heterocycles. The summed E-state index contributed by atoms with van der Waals surface area (Å²) in [7, 11) is -3.55. The second kappa shape index (κ2) is 8.11. The topological polar surface area (TPSA) is 59.1 Å². The summed E-state index contributed by atoms with van der Waals surface area (Å²) in [5.74, 6) is 1.11. The molecule has 0 radical (unpaired) electrons. The van der Waals surface area contributed by atoms with Gasteiger partial charge in [0.1, 0.15) is 13.2 Å². The standard InChI is InChI=1S/C21H26N2O4S/c1-17-5-2-3-6-18(17)16-22-9-4-10-23(12-11-22)28(24,25)19-7-8-20-21(15-19)27-14-13-26-20/h2-3,5-8,15H,4,9-14,16H2,1H3. The summed E-state index contributed by atoms with van der Waals surface area (Å²) in [4.78, 5) is 2.60. The zero-order chi connectivity index (χ0) is 19.6. The van der Waals surface area contributed by atoms with Crippen LogP contribution in [-0.2, 0) is 16.6 Å². The Morgan fingerprint density at radius 3 is 2.54 bits per heavy atom. The fourth-order valence-corrected chi connectivity index (χ4v) is 5.19. The van der Waals surface area contributed by atoms with Gasteiger partial charge in [-0.3, -0.25) is 4.90 Å². The number of benzene rings is 2. The fourth-order valence-electron chi connectivity index (χ4n) is 3.71. The van der Waals surface area contributed by atoms with Crippen molar-refractivity contribution in [2.45, 2.75) is 24.8 Å². The molecular weight excluding hydrogens is 376 g/mol. The first-order valence-electron chi connectivity index (χ1n) is 9.71. The van der Waals surface area contributed by atoms with Crippen LogP contribution in [0.4, 0.5) is 0 Å². The molecule has 0 unspecified atom stereocenters. The number of rotatable bonds is 4. The molecule has 0 bridgehead atoms. The molecule has 0 aliphatic carbocycles. The molecule has 2 aromatic rings. The van der Waals surface area contributed by atoms with Crippen molar-refractivity contribution in [2.24, 2.45) is 0 Å². The molecule has 150 valence electrons. The second-order valence-electron chi connectivity index (χ2n) is 7.27. The maximum absolute atomic E-state index is 13.2. The molecule has 0 saturated carbocycles. The molecule has 1 fully saturated rings. The molecule has 0 spiro atoms. The van der Waals surface area contributed by atoms with E-state index in [0.717, 1.165) is 26.1 Å². The SMILES string of the molecule is Cc1ccccc1CN1CCCN(S(=O)(=O)c2ccc3c(c2)OCCO3)CC1. The quantitative estimate of drug-likeness (QED) is 0.787. The van der Waals surface area contributed by atoms with Crippen LogP contribution >= 0.6 is 0 Å². The molecule has 2 aliphatic heterocycles. The first-order chi connectivity index (χ1) is 13.5. The molecule has 0 atom stereocenters. The van der Waals surface area contributed by atoms with E-state index in [1.807, 2.05) is 6.07 Å². The van der Waals surface area contributed by atoms with E-state index in [1.165, 1.54) is 11.1 Å². The second-order valence-corrected chi connectivity index (χ2v) is 9.20. The molecule has 2 aliphatic rings. The maximum Gasteiger partial charge on any atom is 0.243 e. The van der Waals surface area contributed by atoms with Crippen LogP contribution in [-0.4, -0.2) is 57.0 Å². The Morgan fingerprint density at radius 2 is 1.71 bits per heavy atom. The van der Waals surface area contributed by atoms with Gasteiger partial charge < -0.3 is 9.47 Å². The minimum atomic E-state index is -3.55. The highest BCUT2D eigenvalue weighted by atomic mass is 32.2.